The predicted molar refractivity (Wildman–Crippen MR) is 191 cm³/mol. The second-order valence-electron chi connectivity index (χ2n) is 14.9. The summed E-state index contributed by atoms with van der Waals surface area (Å²) in [6.07, 6.45) is 30.4. The molecule has 244 valence electrons. The normalized spacial score (nSPS) is 22.2. The maximum Gasteiger partial charge on any atom is 0.132 e. The number of benzene rings is 2. The van der Waals surface area contributed by atoms with Crippen LogP contribution in [0, 0.1) is 11.8 Å². The highest BCUT2D eigenvalue weighted by atomic mass is 16.1. The number of hydrogen-bond donors (Lipinski definition) is 0. The summed E-state index contributed by atoms with van der Waals surface area (Å²) in [5, 5.41) is 0. The van der Waals surface area contributed by atoms with Crippen LogP contribution in [0.3, 0.4) is 0 Å². The minimum atomic E-state index is 0.521. The Balaban J connectivity index is 0.956. The van der Waals surface area contributed by atoms with Crippen molar-refractivity contribution in [3.63, 3.8) is 0 Å². The van der Waals surface area contributed by atoms with Crippen molar-refractivity contribution in [1.82, 2.24) is 0 Å². The molecule has 0 saturated heterocycles. The zero-order valence-corrected chi connectivity index (χ0v) is 28.8. The van der Waals surface area contributed by atoms with Crippen molar-refractivity contribution in [2.75, 3.05) is 0 Å². The minimum absolute atomic E-state index is 0.521. The molecule has 0 atom stereocenters. The van der Waals surface area contributed by atoms with Gasteiger partial charge in [-0.3, -0.25) is 4.79 Å². The largest absolute Gasteiger partial charge is 0.300 e. The molecule has 2 fully saturated rings. The molecule has 0 amide bonds. The Morgan fingerprint density at radius 2 is 0.886 bits per heavy atom. The zero-order valence-electron chi connectivity index (χ0n) is 28.8. The first-order chi connectivity index (χ1) is 21.6. The fraction of sp³-hybridized carbons (Fsp3) is 0.698. The van der Waals surface area contributed by atoms with Crippen molar-refractivity contribution in [2.45, 2.75) is 180 Å². The van der Waals surface area contributed by atoms with E-state index in [1.165, 1.54) is 140 Å². The fourth-order valence-corrected chi connectivity index (χ4v) is 8.23. The van der Waals surface area contributed by atoms with E-state index in [2.05, 4.69) is 62.4 Å². The quantitative estimate of drug-likeness (QED) is 0.139. The summed E-state index contributed by atoms with van der Waals surface area (Å²) in [4.78, 5) is 12.5. The van der Waals surface area contributed by atoms with Crippen molar-refractivity contribution in [1.29, 1.82) is 0 Å². The van der Waals surface area contributed by atoms with E-state index < -0.39 is 0 Å². The van der Waals surface area contributed by atoms with Crippen LogP contribution in [0.5, 0.6) is 0 Å². The lowest BCUT2D eigenvalue weighted by Gasteiger charge is -2.29. The van der Waals surface area contributed by atoms with E-state index in [1.54, 1.807) is 11.1 Å². The van der Waals surface area contributed by atoms with Gasteiger partial charge in [0.15, 0.2) is 0 Å². The number of Topliss-reactive ketones (excluding diaryl/α,β-unsaturated/α-hetero) is 1. The third kappa shape index (κ3) is 12.5. The van der Waals surface area contributed by atoms with Crippen LogP contribution in [0.4, 0.5) is 0 Å². The number of carbonyl (C=O) groups excluding carboxylic acids is 1. The second-order valence-corrected chi connectivity index (χ2v) is 14.9. The molecule has 2 aliphatic rings. The lowest BCUT2D eigenvalue weighted by Crippen LogP contribution is -2.13. The van der Waals surface area contributed by atoms with Crippen LogP contribution in [-0.4, -0.2) is 5.78 Å². The van der Waals surface area contributed by atoms with Crippen molar-refractivity contribution in [3.8, 4) is 0 Å². The van der Waals surface area contributed by atoms with Crippen LogP contribution in [0.15, 0.2) is 48.5 Å². The van der Waals surface area contributed by atoms with Gasteiger partial charge in [-0.2, -0.15) is 0 Å². The monoisotopic (exact) mass is 599 g/mol. The van der Waals surface area contributed by atoms with E-state index >= 15 is 0 Å². The SMILES string of the molecule is CCCCc1ccc(C2CCC(CCCCCC(=O)CCCCCC3CCC(c4ccc(CCCC)cc4)CC3)CC2)cc1. The Morgan fingerprint density at radius 3 is 1.25 bits per heavy atom. The topological polar surface area (TPSA) is 17.1 Å². The molecule has 44 heavy (non-hydrogen) atoms. The molecule has 0 spiro atoms. The van der Waals surface area contributed by atoms with Crippen LogP contribution in [0.2, 0.25) is 0 Å². The fourth-order valence-electron chi connectivity index (χ4n) is 8.23. The predicted octanol–water partition coefficient (Wildman–Crippen LogP) is 13.1. The van der Waals surface area contributed by atoms with Crippen molar-refractivity contribution >= 4 is 5.78 Å². The third-order valence-corrected chi connectivity index (χ3v) is 11.4. The lowest BCUT2D eigenvalue weighted by molar-refractivity contribution is -0.119. The number of ketones is 1. The maximum atomic E-state index is 12.5. The molecule has 4 rings (SSSR count). The van der Waals surface area contributed by atoms with Crippen molar-refractivity contribution in [3.05, 3.63) is 70.8 Å². The molecule has 0 bridgehead atoms. The number of rotatable bonds is 20. The van der Waals surface area contributed by atoms with Crippen LogP contribution in [-0.2, 0) is 17.6 Å². The average Bonchev–Trinajstić information content (AvgIpc) is 3.07. The average molecular weight is 599 g/mol. The van der Waals surface area contributed by atoms with Gasteiger partial charge in [0.1, 0.15) is 5.78 Å². The Hall–Kier alpha value is -1.89. The summed E-state index contributed by atoms with van der Waals surface area (Å²) in [6, 6.07) is 19.1. The number of unbranched alkanes of at least 4 members (excludes halogenated alkanes) is 6. The number of aryl methyl sites for hydroxylation is 2. The maximum absolute atomic E-state index is 12.5. The highest BCUT2D eigenvalue weighted by Gasteiger charge is 2.23. The van der Waals surface area contributed by atoms with Crippen LogP contribution < -0.4 is 0 Å². The molecule has 1 nitrogen and oxygen atoms in total. The van der Waals surface area contributed by atoms with Gasteiger partial charge in [-0.15, -0.1) is 0 Å². The van der Waals surface area contributed by atoms with Gasteiger partial charge in [0, 0.05) is 12.8 Å². The molecule has 0 radical (unpaired) electrons. The van der Waals surface area contributed by atoms with Gasteiger partial charge in [0.25, 0.3) is 0 Å². The van der Waals surface area contributed by atoms with Crippen molar-refractivity contribution < 1.29 is 4.79 Å². The van der Waals surface area contributed by atoms with E-state index in [-0.39, 0.29) is 0 Å². The Bertz CT molecular complexity index is 934. The van der Waals surface area contributed by atoms with E-state index in [4.69, 9.17) is 0 Å². The van der Waals surface area contributed by atoms with Gasteiger partial charge in [-0.1, -0.05) is 114 Å². The molecular weight excluding hydrogens is 532 g/mol. The molecule has 0 unspecified atom stereocenters. The van der Waals surface area contributed by atoms with Gasteiger partial charge in [-0.05, 0) is 136 Å². The van der Waals surface area contributed by atoms with Gasteiger partial charge in [0.2, 0.25) is 0 Å². The standard InChI is InChI=1S/C43H66O/c1-3-5-13-35-19-27-39(28-20-35)41-31-23-37(24-32-41)15-9-7-11-17-43(44)18-12-8-10-16-38-25-33-42(34-26-38)40-29-21-36(22-30-40)14-6-4-2/h19-22,27-30,37-38,41-42H,3-18,23-26,31-34H2,1-2H3. The van der Waals surface area contributed by atoms with E-state index in [0.717, 1.165) is 49.4 Å². The first kappa shape index (κ1) is 35.0. The third-order valence-electron chi connectivity index (χ3n) is 11.4. The summed E-state index contributed by atoms with van der Waals surface area (Å²) >= 11 is 0. The van der Waals surface area contributed by atoms with Crippen LogP contribution in [0.1, 0.15) is 189 Å². The van der Waals surface area contributed by atoms with Gasteiger partial charge < -0.3 is 0 Å². The van der Waals surface area contributed by atoms with E-state index in [1.807, 2.05) is 0 Å². The van der Waals surface area contributed by atoms with Crippen LogP contribution in [0.25, 0.3) is 0 Å². The smallest absolute Gasteiger partial charge is 0.132 e. The molecule has 2 saturated carbocycles. The molecule has 2 aromatic carbocycles. The first-order valence-electron chi connectivity index (χ1n) is 19.3. The van der Waals surface area contributed by atoms with Gasteiger partial charge in [0.05, 0.1) is 0 Å². The summed E-state index contributed by atoms with van der Waals surface area (Å²) in [5.74, 6) is 3.92. The molecule has 0 N–H and O–H groups in total. The van der Waals surface area contributed by atoms with Gasteiger partial charge in [-0.25, -0.2) is 0 Å². The van der Waals surface area contributed by atoms with Crippen LogP contribution >= 0.6 is 0 Å². The molecule has 0 heterocycles. The summed E-state index contributed by atoms with van der Waals surface area (Å²) < 4.78 is 0. The van der Waals surface area contributed by atoms with Crippen molar-refractivity contribution in [2.24, 2.45) is 11.8 Å². The minimum Gasteiger partial charge on any atom is -0.300 e. The zero-order chi connectivity index (χ0) is 30.8. The molecule has 1 heteroatoms. The Labute approximate surface area is 272 Å². The highest BCUT2D eigenvalue weighted by Crippen LogP contribution is 2.39. The Kier molecular flexibility index (Phi) is 16.1. The summed E-state index contributed by atoms with van der Waals surface area (Å²) in [5.41, 5.74) is 6.16. The first-order valence-corrected chi connectivity index (χ1v) is 19.3. The molecule has 2 aliphatic carbocycles. The van der Waals surface area contributed by atoms with Gasteiger partial charge >= 0.3 is 0 Å². The van der Waals surface area contributed by atoms with E-state index in [9.17, 15) is 4.79 Å². The Morgan fingerprint density at radius 1 is 0.500 bits per heavy atom. The highest BCUT2D eigenvalue weighted by molar-refractivity contribution is 5.78. The van der Waals surface area contributed by atoms with E-state index in [0.29, 0.717) is 5.78 Å². The number of hydrogen-bond acceptors (Lipinski definition) is 1. The lowest BCUT2D eigenvalue weighted by atomic mass is 9.77. The molecule has 2 aromatic rings. The molecule has 0 aliphatic heterocycles. The summed E-state index contributed by atoms with van der Waals surface area (Å²) in [7, 11) is 0. The second kappa shape index (κ2) is 20.3. The molecule has 0 aromatic heterocycles. The molecular formula is C43H66O. The summed E-state index contributed by atoms with van der Waals surface area (Å²) in [6.45, 7) is 4.55. The number of carbonyl (C=O) groups is 1.